The lowest BCUT2D eigenvalue weighted by Crippen LogP contribution is -2.74. The fourth-order valence-corrected chi connectivity index (χ4v) is 28.3. The zero-order valence-electron chi connectivity index (χ0n) is 57.7. The van der Waals surface area contributed by atoms with Crippen LogP contribution < -0.4 is 41.5 Å². The minimum atomic E-state index is -3.10. The van der Waals surface area contributed by atoms with Gasteiger partial charge in [0.05, 0.1) is 33.1 Å². The highest BCUT2D eigenvalue weighted by molar-refractivity contribution is 7.20. The Kier molecular flexibility index (Phi) is 12.6. The van der Waals surface area contributed by atoms with Gasteiger partial charge in [0, 0.05) is 43.1 Å². The van der Waals surface area contributed by atoms with Gasteiger partial charge in [-0.1, -0.05) is 303 Å². The molecule has 2 nitrogen and oxygen atoms in total. The number of fused-ring (bicyclic) bond motifs is 16. The lowest BCUT2D eigenvalue weighted by molar-refractivity contribution is 0.332. The minimum absolute atomic E-state index is 0.0135. The molecule has 0 N–H and O–H groups in total. The highest BCUT2D eigenvalue weighted by atomic mass is 28.3. The summed E-state index contributed by atoms with van der Waals surface area (Å²) in [5, 5.41) is 22.3. The maximum atomic E-state index is 2.86. The van der Waals surface area contributed by atoms with Crippen LogP contribution in [0.15, 0.2) is 231 Å². The molecule has 4 heterocycles. The van der Waals surface area contributed by atoms with E-state index in [0.29, 0.717) is 0 Å². The van der Waals surface area contributed by atoms with Gasteiger partial charge in [0.25, 0.3) is 0 Å². The number of nitrogens with zero attached hydrogens (tertiary/aromatic N) is 2. The van der Waals surface area contributed by atoms with E-state index in [-0.39, 0.29) is 32.5 Å². The molecule has 0 atom stereocenters. The van der Waals surface area contributed by atoms with E-state index in [4.69, 9.17) is 0 Å². The Morgan fingerprint density at radius 2 is 0.500 bits per heavy atom. The molecule has 0 saturated heterocycles. The molecule has 0 aliphatic heterocycles. The van der Waals surface area contributed by atoms with Crippen molar-refractivity contribution in [2.45, 2.75) is 155 Å². The fraction of sp³-hybridized carbons (Fsp3) is 0.267. The molecule has 0 saturated carbocycles. The van der Waals surface area contributed by atoms with Crippen molar-refractivity contribution >= 4 is 134 Å². The summed E-state index contributed by atoms with van der Waals surface area (Å²) in [4.78, 5) is 0. The van der Waals surface area contributed by atoms with Gasteiger partial charge in [-0.3, -0.25) is 0 Å². The molecular formula is C90H88N2Si2. The SMILES string of the molecule is CC(C)(C)c1cc([Si](c2ccccc2)(c2ccccc2)c2ccccc2)cc2c3c4c5cc6c(cc5n5c7c(C(C)(C)C)cc([Si](c8ccccc8)(c8ccccc8)c8ccccc8)cc7c(c7c8cc9c(cc8n(c12)c73)C(C)(C)CCC9(C)C)c45)C(C)(C)CCC6(C)C. The van der Waals surface area contributed by atoms with E-state index >= 15 is 0 Å². The maximum absolute atomic E-state index is 3.10. The zero-order valence-corrected chi connectivity index (χ0v) is 59.7. The summed E-state index contributed by atoms with van der Waals surface area (Å²) < 4.78 is 5.73. The zero-order chi connectivity index (χ0) is 65.0. The monoisotopic (exact) mass is 1250 g/mol. The Morgan fingerprint density at radius 1 is 0.266 bits per heavy atom. The predicted octanol–water partition coefficient (Wildman–Crippen LogP) is 18.0. The highest BCUT2D eigenvalue weighted by Crippen LogP contribution is 2.57. The third kappa shape index (κ3) is 8.05. The summed E-state index contributed by atoms with van der Waals surface area (Å²) in [6.07, 6.45) is 4.58. The fourth-order valence-electron chi connectivity index (χ4n) is 18.7. The molecule has 4 aromatic heterocycles. The van der Waals surface area contributed by atoms with Gasteiger partial charge in [0.1, 0.15) is 0 Å². The molecule has 17 rings (SSSR count). The van der Waals surface area contributed by atoms with Crippen LogP contribution in [0, 0.1) is 0 Å². The van der Waals surface area contributed by atoms with E-state index in [9.17, 15) is 0 Å². The molecule has 466 valence electrons. The summed E-state index contributed by atoms with van der Waals surface area (Å²) in [6, 6.07) is 91.8. The van der Waals surface area contributed by atoms with Gasteiger partial charge >= 0.3 is 0 Å². The molecule has 11 aromatic carbocycles. The second-order valence-electron chi connectivity index (χ2n) is 33.3. The number of hydrogen-bond acceptors (Lipinski definition) is 0. The van der Waals surface area contributed by atoms with Crippen molar-refractivity contribution in [1.29, 1.82) is 0 Å². The summed E-state index contributed by atoms with van der Waals surface area (Å²) in [5.74, 6) is 0. The Hall–Kier alpha value is -8.55. The molecule has 0 spiro atoms. The predicted molar refractivity (Wildman–Crippen MR) is 411 cm³/mol. The van der Waals surface area contributed by atoms with Crippen molar-refractivity contribution in [3.8, 4) is 0 Å². The second kappa shape index (κ2) is 20.0. The van der Waals surface area contributed by atoms with E-state index in [1.165, 1.54) is 151 Å². The Morgan fingerprint density at radius 3 is 0.745 bits per heavy atom. The quantitative estimate of drug-likeness (QED) is 0.106. The van der Waals surface area contributed by atoms with Crippen molar-refractivity contribution in [2.75, 3.05) is 0 Å². The number of aromatic nitrogens is 2. The van der Waals surface area contributed by atoms with E-state index in [2.05, 4.69) is 336 Å². The Balaban J connectivity index is 1.19. The van der Waals surface area contributed by atoms with Crippen molar-refractivity contribution in [1.82, 2.24) is 8.80 Å². The van der Waals surface area contributed by atoms with E-state index in [0.717, 1.165) is 25.7 Å². The van der Waals surface area contributed by atoms with Gasteiger partial charge in [-0.25, -0.2) is 0 Å². The van der Waals surface area contributed by atoms with E-state index in [1.54, 1.807) is 0 Å². The number of benzene rings is 11. The van der Waals surface area contributed by atoms with Crippen LogP contribution in [0.2, 0.25) is 0 Å². The largest absolute Gasteiger partial charge is 0.308 e. The molecule has 0 bridgehead atoms. The van der Waals surface area contributed by atoms with Crippen LogP contribution in [0.25, 0.3) is 76.2 Å². The van der Waals surface area contributed by atoms with Crippen molar-refractivity contribution in [2.24, 2.45) is 0 Å². The van der Waals surface area contributed by atoms with Crippen LogP contribution in [-0.2, 0) is 32.5 Å². The van der Waals surface area contributed by atoms with Crippen LogP contribution in [0.3, 0.4) is 0 Å². The Bertz CT molecular complexity index is 4980. The summed E-state index contributed by atoms with van der Waals surface area (Å²) >= 11 is 0. The smallest absolute Gasteiger partial charge is 0.179 e. The molecule has 4 heteroatoms. The normalized spacial score (nSPS) is 16.6. The number of rotatable bonds is 8. The van der Waals surface area contributed by atoms with Gasteiger partial charge in [-0.05, 0) is 157 Å². The van der Waals surface area contributed by atoms with Crippen molar-refractivity contribution in [3.05, 3.63) is 264 Å². The average Bonchev–Trinajstić information content (AvgIpc) is 1.47. The van der Waals surface area contributed by atoms with E-state index < -0.39 is 16.1 Å². The topological polar surface area (TPSA) is 8.82 Å². The van der Waals surface area contributed by atoms with Crippen LogP contribution in [0.1, 0.15) is 156 Å². The van der Waals surface area contributed by atoms with Gasteiger partial charge < -0.3 is 8.80 Å². The molecule has 0 fully saturated rings. The average molecular weight is 1250 g/mol. The van der Waals surface area contributed by atoms with Crippen LogP contribution in [-0.4, -0.2) is 24.9 Å². The summed E-state index contributed by atoms with van der Waals surface area (Å²) in [7, 11) is -6.19. The van der Waals surface area contributed by atoms with Crippen LogP contribution >= 0.6 is 0 Å². The van der Waals surface area contributed by atoms with Gasteiger partial charge in [-0.2, -0.15) is 0 Å². The first-order valence-electron chi connectivity index (χ1n) is 34.8. The third-order valence-electron chi connectivity index (χ3n) is 23.8. The third-order valence-corrected chi connectivity index (χ3v) is 33.3. The molecule has 2 aliphatic rings. The lowest BCUT2D eigenvalue weighted by Gasteiger charge is -2.42. The van der Waals surface area contributed by atoms with Gasteiger partial charge in [0.15, 0.2) is 16.1 Å². The molecule has 15 aromatic rings. The number of hydrogen-bond donors (Lipinski definition) is 0. The molecular weight excluding hydrogens is 1170 g/mol. The standard InChI is InChI=1S/C90H88N2Si2/c1-85(2,3)73-51-63(93(57-33-21-15-22-34-57,58-35-23-16-24-36-58)59-37-25-17-26-38-59)49-67-79-77-66-54-70-72(90(13,14)48-46-88(70,9)10)56-76(66)92-82-68(80(84(77)92)78-65-53-69-71(89(11,12)47-45-87(69,7)8)55-75(65)91(81(67)73)83(78)79)50-64(52-74(82)86(4,5)6)94(60-39-27-18-28-40-60,61-41-29-19-30-42-61)62-43-31-20-32-44-62/h15-44,49-56H,45-48H2,1-14H3. The molecule has 0 radical (unpaired) electrons. The van der Waals surface area contributed by atoms with E-state index in [1.807, 2.05) is 0 Å². The maximum Gasteiger partial charge on any atom is 0.179 e. The lowest BCUT2D eigenvalue weighted by atomic mass is 9.63. The Labute approximate surface area is 558 Å². The highest BCUT2D eigenvalue weighted by Gasteiger charge is 2.47. The first-order chi connectivity index (χ1) is 44.9. The van der Waals surface area contributed by atoms with Crippen LogP contribution in [0.5, 0.6) is 0 Å². The first kappa shape index (κ1) is 59.2. The molecule has 0 unspecified atom stereocenters. The second-order valence-corrected chi connectivity index (χ2v) is 40.9. The van der Waals surface area contributed by atoms with Crippen LogP contribution in [0.4, 0.5) is 0 Å². The van der Waals surface area contributed by atoms with Crippen molar-refractivity contribution < 1.29 is 0 Å². The summed E-state index contributed by atoms with van der Waals surface area (Å²) in [5.41, 5.74) is 16.3. The molecule has 0 amide bonds. The summed E-state index contributed by atoms with van der Waals surface area (Å²) in [6.45, 7) is 35.1. The molecule has 2 aliphatic carbocycles. The van der Waals surface area contributed by atoms with Gasteiger partial charge in [0.2, 0.25) is 0 Å². The van der Waals surface area contributed by atoms with Gasteiger partial charge in [-0.15, -0.1) is 0 Å². The minimum Gasteiger partial charge on any atom is -0.308 e. The van der Waals surface area contributed by atoms with Crippen molar-refractivity contribution in [3.63, 3.8) is 0 Å². The first-order valence-corrected chi connectivity index (χ1v) is 38.8. The molecule has 94 heavy (non-hydrogen) atoms.